The third-order valence-electron chi connectivity index (χ3n) is 9.25. The lowest BCUT2D eigenvalue weighted by Gasteiger charge is -2.34. The predicted molar refractivity (Wildman–Crippen MR) is 176 cm³/mol. The SMILES string of the molecule is c1ccc(C2(c3ccccc3)c3ccccc3-c3ccc4cc(-n5c6ccccc6c6ccccc65)ccc4c32)cc1. The van der Waals surface area contributed by atoms with Crippen molar-refractivity contribution in [1.29, 1.82) is 0 Å². The number of hydrogen-bond donors (Lipinski definition) is 0. The Balaban J connectivity index is 1.38. The highest BCUT2D eigenvalue weighted by molar-refractivity contribution is 6.09. The number of para-hydroxylation sites is 2. The van der Waals surface area contributed by atoms with Crippen LogP contribution in [-0.4, -0.2) is 4.57 Å². The summed E-state index contributed by atoms with van der Waals surface area (Å²) in [4.78, 5) is 0. The minimum absolute atomic E-state index is 0.414. The van der Waals surface area contributed by atoms with E-state index in [1.807, 2.05) is 0 Å². The average Bonchev–Trinajstić information content (AvgIpc) is 3.57. The molecule has 9 rings (SSSR count). The van der Waals surface area contributed by atoms with Crippen LogP contribution in [0.4, 0.5) is 0 Å². The highest BCUT2D eigenvalue weighted by Gasteiger charge is 2.46. The maximum Gasteiger partial charge on any atom is 0.0719 e. The zero-order chi connectivity index (χ0) is 27.7. The van der Waals surface area contributed by atoms with Gasteiger partial charge in [-0.05, 0) is 68.4 Å². The third-order valence-corrected chi connectivity index (χ3v) is 9.25. The molecule has 0 unspecified atom stereocenters. The molecule has 0 atom stereocenters. The van der Waals surface area contributed by atoms with Gasteiger partial charge in [-0.2, -0.15) is 0 Å². The molecular weight excluding hydrogens is 506 g/mol. The first-order valence-electron chi connectivity index (χ1n) is 14.6. The molecule has 1 nitrogen and oxygen atoms in total. The van der Waals surface area contributed by atoms with Crippen molar-refractivity contribution in [2.45, 2.75) is 5.41 Å². The average molecular weight is 534 g/mol. The third kappa shape index (κ3) is 3.03. The molecule has 1 aliphatic rings. The fourth-order valence-corrected chi connectivity index (χ4v) is 7.61. The summed E-state index contributed by atoms with van der Waals surface area (Å²) >= 11 is 0. The van der Waals surface area contributed by atoms with E-state index < -0.39 is 5.41 Å². The van der Waals surface area contributed by atoms with Crippen LogP contribution in [0.1, 0.15) is 22.3 Å². The van der Waals surface area contributed by atoms with Crippen molar-refractivity contribution in [3.8, 4) is 16.8 Å². The molecule has 8 aromatic rings. The van der Waals surface area contributed by atoms with Gasteiger partial charge < -0.3 is 4.57 Å². The normalized spacial score (nSPS) is 13.4. The minimum Gasteiger partial charge on any atom is -0.309 e. The summed E-state index contributed by atoms with van der Waals surface area (Å²) in [6.45, 7) is 0. The van der Waals surface area contributed by atoms with Gasteiger partial charge in [-0.25, -0.2) is 0 Å². The second-order valence-corrected chi connectivity index (χ2v) is 11.3. The Labute approximate surface area is 244 Å². The fourth-order valence-electron chi connectivity index (χ4n) is 7.61. The van der Waals surface area contributed by atoms with Gasteiger partial charge in [0.05, 0.1) is 16.4 Å². The molecule has 0 radical (unpaired) electrons. The van der Waals surface area contributed by atoms with Gasteiger partial charge in [-0.3, -0.25) is 0 Å². The Bertz CT molecular complexity index is 2200. The number of rotatable bonds is 3. The standard InChI is InChI=1S/C41H27N/c1-3-13-29(14-4-1)41(30-15-5-2-6-16-30)37-20-10-7-17-33(37)36-25-23-28-27-31(24-26-32(28)40(36)41)42-38-21-11-8-18-34(38)35-19-9-12-22-39(35)42/h1-27H. The van der Waals surface area contributed by atoms with Crippen LogP contribution in [0, 0.1) is 0 Å². The quantitative estimate of drug-likeness (QED) is 0.213. The Morgan fingerprint density at radius 1 is 0.405 bits per heavy atom. The van der Waals surface area contributed by atoms with Crippen LogP contribution in [0.3, 0.4) is 0 Å². The second kappa shape index (κ2) is 8.80. The summed E-state index contributed by atoms with van der Waals surface area (Å²) in [6.07, 6.45) is 0. The van der Waals surface area contributed by atoms with Crippen LogP contribution in [0.25, 0.3) is 49.4 Å². The highest BCUT2D eigenvalue weighted by atomic mass is 15.0. The van der Waals surface area contributed by atoms with Gasteiger partial charge in [0, 0.05) is 16.5 Å². The van der Waals surface area contributed by atoms with E-state index in [1.54, 1.807) is 0 Å². The van der Waals surface area contributed by atoms with Crippen molar-refractivity contribution in [3.63, 3.8) is 0 Å². The van der Waals surface area contributed by atoms with Gasteiger partial charge in [-0.15, -0.1) is 0 Å². The number of aromatic nitrogens is 1. The van der Waals surface area contributed by atoms with Crippen LogP contribution in [0.2, 0.25) is 0 Å². The molecule has 7 aromatic carbocycles. The molecule has 1 heterocycles. The van der Waals surface area contributed by atoms with Crippen molar-refractivity contribution in [3.05, 3.63) is 186 Å². The first-order chi connectivity index (χ1) is 20.9. The molecule has 196 valence electrons. The van der Waals surface area contributed by atoms with Crippen LogP contribution in [-0.2, 0) is 5.41 Å². The molecule has 0 amide bonds. The van der Waals surface area contributed by atoms with E-state index in [1.165, 1.54) is 71.6 Å². The topological polar surface area (TPSA) is 4.93 Å². The van der Waals surface area contributed by atoms with Crippen molar-refractivity contribution < 1.29 is 0 Å². The smallest absolute Gasteiger partial charge is 0.0719 e. The fraction of sp³-hybridized carbons (Fsp3) is 0.0244. The van der Waals surface area contributed by atoms with Crippen molar-refractivity contribution in [2.75, 3.05) is 0 Å². The predicted octanol–water partition coefficient (Wildman–Crippen LogP) is 10.3. The molecule has 0 spiro atoms. The van der Waals surface area contributed by atoms with Crippen molar-refractivity contribution in [2.24, 2.45) is 0 Å². The van der Waals surface area contributed by atoms with Gasteiger partial charge in [0.1, 0.15) is 0 Å². The van der Waals surface area contributed by atoms with Crippen LogP contribution < -0.4 is 0 Å². The lowest BCUT2D eigenvalue weighted by Crippen LogP contribution is -2.28. The lowest BCUT2D eigenvalue weighted by molar-refractivity contribution is 0.775. The largest absolute Gasteiger partial charge is 0.309 e. The van der Waals surface area contributed by atoms with Gasteiger partial charge in [0.25, 0.3) is 0 Å². The maximum atomic E-state index is 2.41. The van der Waals surface area contributed by atoms with Crippen LogP contribution in [0.15, 0.2) is 164 Å². The Morgan fingerprint density at radius 2 is 0.976 bits per heavy atom. The van der Waals surface area contributed by atoms with Crippen LogP contribution in [0.5, 0.6) is 0 Å². The summed E-state index contributed by atoms with van der Waals surface area (Å²) < 4.78 is 2.41. The lowest BCUT2D eigenvalue weighted by atomic mass is 9.67. The highest BCUT2D eigenvalue weighted by Crippen LogP contribution is 2.58. The van der Waals surface area contributed by atoms with Gasteiger partial charge in [0.2, 0.25) is 0 Å². The number of hydrogen-bond acceptors (Lipinski definition) is 0. The monoisotopic (exact) mass is 533 g/mol. The minimum atomic E-state index is -0.414. The molecule has 1 aromatic heterocycles. The molecule has 1 aliphatic carbocycles. The summed E-state index contributed by atoms with van der Waals surface area (Å²) in [7, 11) is 0. The Hall–Kier alpha value is -5.40. The molecule has 0 aliphatic heterocycles. The van der Waals surface area contributed by atoms with Gasteiger partial charge in [0.15, 0.2) is 0 Å². The van der Waals surface area contributed by atoms with Crippen LogP contribution >= 0.6 is 0 Å². The number of benzene rings is 7. The Morgan fingerprint density at radius 3 is 1.64 bits per heavy atom. The van der Waals surface area contributed by atoms with E-state index in [9.17, 15) is 0 Å². The van der Waals surface area contributed by atoms with Crippen molar-refractivity contribution in [1.82, 2.24) is 4.57 Å². The molecule has 42 heavy (non-hydrogen) atoms. The van der Waals surface area contributed by atoms with E-state index >= 15 is 0 Å². The first-order valence-corrected chi connectivity index (χ1v) is 14.6. The molecule has 0 saturated carbocycles. The summed E-state index contributed by atoms with van der Waals surface area (Å²) in [5.41, 5.74) is 11.2. The van der Waals surface area contributed by atoms with Gasteiger partial charge in [-0.1, -0.05) is 140 Å². The van der Waals surface area contributed by atoms with E-state index in [0.29, 0.717) is 0 Å². The molecule has 0 saturated heterocycles. The van der Waals surface area contributed by atoms with E-state index in [4.69, 9.17) is 0 Å². The van der Waals surface area contributed by atoms with E-state index in [0.717, 1.165) is 0 Å². The molecule has 0 fully saturated rings. The summed E-state index contributed by atoms with van der Waals surface area (Å²) in [5.74, 6) is 0. The van der Waals surface area contributed by atoms with Crippen molar-refractivity contribution >= 4 is 32.6 Å². The maximum absolute atomic E-state index is 2.41. The molecular formula is C41H27N. The zero-order valence-corrected chi connectivity index (χ0v) is 23.0. The Kier molecular flexibility index (Phi) is 4.88. The molecule has 0 N–H and O–H groups in total. The second-order valence-electron chi connectivity index (χ2n) is 11.3. The van der Waals surface area contributed by atoms with Gasteiger partial charge >= 0.3 is 0 Å². The molecule has 1 heteroatoms. The number of nitrogens with zero attached hydrogens (tertiary/aromatic N) is 1. The zero-order valence-electron chi connectivity index (χ0n) is 23.0. The first kappa shape index (κ1) is 23.3. The van der Waals surface area contributed by atoms with E-state index in [2.05, 4.69) is 168 Å². The summed E-state index contributed by atoms with van der Waals surface area (Å²) in [5, 5.41) is 5.10. The van der Waals surface area contributed by atoms with E-state index in [-0.39, 0.29) is 0 Å². The number of fused-ring (bicyclic) bond motifs is 8. The molecule has 0 bridgehead atoms. The summed E-state index contributed by atoms with van der Waals surface area (Å²) in [6, 6.07) is 60.2.